The maximum absolute atomic E-state index is 12.6. The number of imide groups is 1. The second-order valence-corrected chi connectivity index (χ2v) is 7.52. The average Bonchev–Trinajstić information content (AvgIpc) is 3.15. The minimum Gasteiger partial charge on any atom is -0.454 e. The first kappa shape index (κ1) is 18.4. The van der Waals surface area contributed by atoms with E-state index in [2.05, 4.69) is 0 Å². The lowest BCUT2D eigenvalue weighted by Gasteiger charge is -2.22. The number of benzene rings is 1. The summed E-state index contributed by atoms with van der Waals surface area (Å²) in [7, 11) is 0. The number of carbonyl (C=O) groups is 4. The molecule has 1 aromatic rings. The predicted octanol–water partition coefficient (Wildman–Crippen LogP) is 1.46. The molecule has 7 nitrogen and oxygen atoms in total. The molecular weight excluding hydrogens is 360 g/mol. The Hall–Kier alpha value is -2.96. The molecule has 1 saturated heterocycles. The number of hydrogen-bond acceptors (Lipinski definition) is 5. The van der Waals surface area contributed by atoms with Crippen LogP contribution in [0.3, 0.4) is 0 Å². The van der Waals surface area contributed by atoms with E-state index >= 15 is 0 Å². The number of rotatable bonds is 4. The van der Waals surface area contributed by atoms with Crippen LogP contribution in [0.2, 0.25) is 0 Å². The van der Waals surface area contributed by atoms with Crippen LogP contribution in [0.4, 0.5) is 5.69 Å². The Kier molecular flexibility index (Phi) is 4.75. The molecule has 1 fully saturated rings. The summed E-state index contributed by atoms with van der Waals surface area (Å²) < 4.78 is 5.10. The summed E-state index contributed by atoms with van der Waals surface area (Å²) in [5.74, 6) is -2.48. The van der Waals surface area contributed by atoms with Crippen molar-refractivity contribution in [2.45, 2.75) is 32.2 Å². The predicted molar refractivity (Wildman–Crippen MR) is 100 cm³/mol. The molecule has 3 aliphatic rings. The maximum Gasteiger partial charge on any atom is 0.326 e. The van der Waals surface area contributed by atoms with Crippen molar-refractivity contribution in [2.24, 2.45) is 11.8 Å². The summed E-state index contributed by atoms with van der Waals surface area (Å²) in [6, 6.07) is 7.62. The van der Waals surface area contributed by atoms with Gasteiger partial charge in [0.1, 0.15) is 6.54 Å². The first-order valence-corrected chi connectivity index (χ1v) is 9.53. The van der Waals surface area contributed by atoms with Crippen molar-refractivity contribution in [1.29, 1.82) is 0 Å². The van der Waals surface area contributed by atoms with Crippen molar-refractivity contribution in [2.75, 3.05) is 18.1 Å². The highest BCUT2D eigenvalue weighted by Crippen LogP contribution is 2.35. The highest BCUT2D eigenvalue weighted by atomic mass is 16.5. The van der Waals surface area contributed by atoms with Crippen LogP contribution >= 0.6 is 0 Å². The fourth-order valence-corrected chi connectivity index (χ4v) is 4.36. The SMILES string of the molecule is CC1Cc2ccccc2N1C(=O)COC(=O)CN1C(=O)C2CC=CCC2C1=O. The highest BCUT2D eigenvalue weighted by Gasteiger charge is 2.47. The lowest BCUT2D eigenvalue weighted by Crippen LogP contribution is -2.41. The molecule has 1 aromatic carbocycles. The van der Waals surface area contributed by atoms with E-state index < -0.39 is 19.1 Å². The maximum atomic E-state index is 12.6. The molecule has 28 heavy (non-hydrogen) atoms. The van der Waals surface area contributed by atoms with Crippen LogP contribution in [0.15, 0.2) is 36.4 Å². The zero-order valence-electron chi connectivity index (χ0n) is 15.7. The van der Waals surface area contributed by atoms with Gasteiger partial charge < -0.3 is 9.64 Å². The second kappa shape index (κ2) is 7.22. The van der Waals surface area contributed by atoms with E-state index in [1.54, 1.807) is 4.90 Å². The number of hydrogen-bond donors (Lipinski definition) is 0. The molecule has 146 valence electrons. The third kappa shape index (κ3) is 3.10. The highest BCUT2D eigenvalue weighted by molar-refractivity contribution is 6.07. The van der Waals surface area contributed by atoms with E-state index in [0.717, 1.165) is 22.6 Å². The number of fused-ring (bicyclic) bond motifs is 2. The summed E-state index contributed by atoms with van der Waals surface area (Å²) >= 11 is 0. The summed E-state index contributed by atoms with van der Waals surface area (Å²) in [5, 5.41) is 0. The normalized spacial score (nSPS) is 25.7. The second-order valence-electron chi connectivity index (χ2n) is 7.52. The quantitative estimate of drug-likeness (QED) is 0.447. The van der Waals surface area contributed by atoms with E-state index in [0.29, 0.717) is 12.8 Å². The van der Waals surface area contributed by atoms with Gasteiger partial charge in [0.15, 0.2) is 6.61 Å². The van der Waals surface area contributed by atoms with Gasteiger partial charge in [-0.15, -0.1) is 0 Å². The number of para-hydroxylation sites is 1. The van der Waals surface area contributed by atoms with Crippen LogP contribution in [0.1, 0.15) is 25.3 Å². The van der Waals surface area contributed by atoms with Gasteiger partial charge in [-0.25, -0.2) is 0 Å². The van der Waals surface area contributed by atoms with Gasteiger partial charge in [-0.1, -0.05) is 30.4 Å². The van der Waals surface area contributed by atoms with Crippen LogP contribution in [0.25, 0.3) is 0 Å². The number of nitrogens with zero attached hydrogens (tertiary/aromatic N) is 2. The van der Waals surface area contributed by atoms with Crippen LogP contribution in [0, 0.1) is 11.8 Å². The Balaban J connectivity index is 1.34. The number of ether oxygens (including phenoxy) is 1. The Morgan fingerprint density at radius 3 is 2.39 bits per heavy atom. The molecule has 3 atom stereocenters. The summed E-state index contributed by atoms with van der Waals surface area (Å²) in [4.78, 5) is 52.2. The molecule has 0 spiro atoms. The van der Waals surface area contributed by atoms with Crippen LogP contribution in [-0.2, 0) is 30.3 Å². The van der Waals surface area contributed by atoms with Gasteiger partial charge in [-0.3, -0.25) is 24.1 Å². The topological polar surface area (TPSA) is 84.0 Å². The monoisotopic (exact) mass is 382 g/mol. The number of anilines is 1. The minimum atomic E-state index is -0.748. The fraction of sp³-hybridized carbons (Fsp3) is 0.429. The fourth-order valence-electron chi connectivity index (χ4n) is 4.36. The molecule has 3 unspecified atom stereocenters. The molecular formula is C21H22N2O5. The first-order chi connectivity index (χ1) is 13.5. The molecule has 2 aliphatic heterocycles. The van der Waals surface area contributed by atoms with E-state index in [1.807, 2.05) is 43.3 Å². The molecule has 0 N–H and O–H groups in total. The largest absolute Gasteiger partial charge is 0.454 e. The zero-order chi connectivity index (χ0) is 19.8. The van der Waals surface area contributed by atoms with Crippen LogP contribution < -0.4 is 4.90 Å². The number of allylic oxidation sites excluding steroid dienone is 2. The lowest BCUT2D eigenvalue weighted by molar-refractivity contribution is -0.154. The van der Waals surface area contributed by atoms with Crippen molar-refractivity contribution in [1.82, 2.24) is 4.90 Å². The molecule has 4 rings (SSSR count). The summed E-state index contributed by atoms with van der Waals surface area (Å²) in [5.41, 5.74) is 1.91. The van der Waals surface area contributed by atoms with Crippen molar-refractivity contribution < 1.29 is 23.9 Å². The Morgan fingerprint density at radius 2 is 1.71 bits per heavy atom. The Bertz CT molecular complexity index is 851. The lowest BCUT2D eigenvalue weighted by atomic mass is 9.85. The van der Waals surface area contributed by atoms with Gasteiger partial charge in [-0.2, -0.15) is 0 Å². The van der Waals surface area contributed by atoms with E-state index in [-0.39, 0.29) is 35.6 Å². The Labute approximate surface area is 162 Å². The van der Waals surface area contributed by atoms with Crippen LogP contribution in [0.5, 0.6) is 0 Å². The van der Waals surface area contributed by atoms with E-state index in [4.69, 9.17) is 4.74 Å². The molecule has 0 radical (unpaired) electrons. The number of carbonyl (C=O) groups excluding carboxylic acids is 4. The van der Waals surface area contributed by atoms with Crippen molar-refractivity contribution in [3.8, 4) is 0 Å². The first-order valence-electron chi connectivity index (χ1n) is 9.53. The van der Waals surface area contributed by atoms with E-state index in [9.17, 15) is 19.2 Å². The molecule has 3 amide bonds. The molecule has 2 heterocycles. The van der Waals surface area contributed by atoms with E-state index in [1.165, 1.54) is 0 Å². The van der Waals surface area contributed by atoms with Gasteiger partial charge >= 0.3 is 5.97 Å². The van der Waals surface area contributed by atoms with Crippen molar-refractivity contribution in [3.05, 3.63) is 42.0 Å². The zero-order valence-corrected chi connectivity index (χ0v) is 15.7. The molecule has 0 saturated carbocycles. The van der Waals surface area contributed by atoms with Gasteiger partial charge in [0.2, 0.25) is 11.8 Å². The summed E-state index contributed by atoms with van der Waals surface area (Å²) in [6.45, 7) is 1.09. The number of likely N-dealkylation sites (tertiary alicyclic amines) is 1. The van der Waals surface area contributed by atoms with Gasteiger partial charge in [0.25, 0.3) is 5.91 Å². The summed E-state index contributed by atoms with van der Waals surface area (Å²) in [6.07, 6.45) is 5.57. The molecule has 0 aromatic heterocycles. The number of amides is 3. The van der Waals surface area contributed by atoms with Crippen LogP contribution in [-0.4, -0.2) is 47.8 Å². The van der Waals surface area contributed by atoms with Crippen molar-refractivity contribution in [3.63, 3.8) is 0 Å². The molecule has 1 aliphatic carbocycles. The molecule has 7 heteroatoms. The Morgan fingerprint density at radius 1 is 1.07 bits per heavy atom. The third-order valence-electron chi connectivity index (χ3n) is 5.72. The number of esters is 1. The van der Waals surface area contributed by atoms with Crippen molar-refractivity contribution >= 4 is 29.4 Å². The minimum absolute atomic E-state index is 0.0130. The third-order valence-corrected chi connectivity index (χ3v) is 5.72. The van der Waals surface area contributed by atoms with Gasteiger partial charge in [0.05, 0.1) is 11.8 Å². The van der Waals surface area contributed by atoms with Gasteiger partial charge in [-0.05, 0) is 37.8 Å². The smallest absolute Gasteiger partial charge is 0.326 e. The molecule has 0 bridgehead atoms. The standard InChI is InChI=1S/C21H22N2O5/c1-13-10-14-6-2-5-9-17(14)23(13)18(24)12-28-19(25)11-22-20(26)15-7-3-4-8-16(15)21(22)27/h2-6,9,13,15-16H,7-8,10-12H2,1H3. The average molecular weight is 382 g/mol. The van der Waals surface area contributed by atoms with Gasteiger partial charge in [0, 0.05) is 11.7 Å².